The molecule has 0 amide bonds. The van der Waals surface area contributed by atoms with E-state index in [0.29, 0.717) is 12.8 Å². The zero-order chi connectivity index (χ0) is 9.98. The van der Waals surface area contributed by atoms with E-state index in [0.717, 1.165) is 0 Å². The lowest BCUT2D eigenvalue weighted by atomic mass is 10.2. The fraction of sp³-hybridized carbons (Fsp3) is 0.875. The fourth-order valence-electron chi connectivity index (χ4n) is 0.580. The molecule has 0 aliphatic rings. The molecule has 3 N–H and O–H groups in total. The number of aliphatic hydroxyl groups is 2. The van der Waals surface area contributed by atoms with E-state index in [-0.39, 0.29) is 13.0 Å². The third-order valence-corrected chi connectivity index (χ3v) is 1.14. The zero-order valence-electron chi connectivity index (χ0n) is 7.66. The van der Waals surface area contributed by atoms with Crippen LogP contribution in [-0.2, 0) is 4.79 Å². The van der Waals surface area contributed by atoms with Gasteiger partial charge in [0, 0.05) is 6.42 Å². The van der Waals surface area contributed by atoms with Crippen molar-refractivity contribution in [3.63, 3.8) is 0 Å². The molecular weight excluding hydrogens is 160 g/mol. The van der Waals surface area contributed by atoms with Crippen LogP contribution < -0.4 is 0 Å². The van der Waals surface area contributed by atoms with Crippen LogP contribution in [0.1, 0.15) is 33.1 Å². The first-order chi connectivity index (χ1) is 5.66. The van der Waals surface area contributed by atoms with Gasteiger partial charge in [-0.15, -0.1) is 0 Å². The second-order valence-electron chi connectivity index (χ2n) is 2.12. The van der Waals surface area contributed by atoms with Crippen molar-refractivity contribution in [2.24, 2.45) is 0 Å². The number of aliphatic hydroxyl groups excluding tert-OH is 2. The predicted molar refractivity (Wildman–Crippen MR) is 45.9 cm³/mol. The van der Waals surface area contributed by atoms with Gasteiger partial charge in [0.05, 0.1) is 12.7 Å². The molecule has 1 unspecified atom stereocenters. The summed E-state index contributed by atoms with van der Waals surface area (Å²) in [5.41, 5.74) is 0. The lowest BCUT2D eigenvalue weighted by Gasteiger charge is -2.03. The topological polar surface area (TPSA) is 77.8 Å². The van der Waals surface area contributed by atoms with Gasteiger partial charge in [0.1, 0.15) is 0 Å². The summed E-state index contributed by atoms with van der Waals surface area (Å²) in [6.07, 6.45) is 0.0519. The van der Waals surface area contributed by atoms with E-state index in [9.17, 15) is 4.79 Å². The second-order valence-corrected chi connectivity index (χ2v) is 2.12. The molecule has 0 radical (unpaired) electrons. The van der Waals surface area contributed by atoms with E-state index in [1.54, 1.807) is 0 Å². The Kier molecular flexibility index (Phi) is 12.1. The standard InChI is InChI=1S/C6H12O4.C2H6/c7-4-5(8)2-1-3-6(9)10;1-2/h5,7-8H,1-4H2,(H,9,10);1-2H3. The van der Waals surface area contributed by atoms with Crippen molar-refractivity contribution < 1.29 is 20.1 Å². The molecule has 12 heavy (non-hydrogen) atoms. The third-order valence-electron chi connectivity index (χ3n) is 1.14. The largest absolute Gasteiger partial charge is 0.481 e. The summed E-state index contributed by atoms with van der Waals surface area (Å²) in [7, 11) is 0. The minimum absolute atomic E-state index is 0.0526. The monoisotopic (exact) mass is 178 g/mol. The Morgan fingerprint density at radius 1 is 1.42 bits per heavy atom. The summed E-state index contributed by atoms with van der Waals surface area (Å²) in [5.74, 6) is -0.870. The number of rotatable bonds is 5. The van der Waals surface area contributed by atoms with Gasteiger partial charge in [-0.05, 0) is 12.8 Å². The van der Waals surface area contributed by atoms with Crippen LogP contribution >= 0.6 is 0 Å². The number of hydrogen-bond acceptors (Lipinski definition) is 3. The maximum atomic E-state index is 9.92. The molecule has 0 rings (SSSR count). The molecule has 0 heterocycles. The van der Waals surface area contributed by atoms with Gasteiger partial charge in [-0.1, -0.05) is 13.8 Å². The van der Waals surface area contributed by atoms with Crippen LogP contribution in [0.3, 0.4) is 0 Å². The molecule has 0 fully saturated rings. The molecule has 0 saturated carbocycles. The van der Waals surface area contributed by atoms with E-state index in [2.05, 4.69) is 0 Å². The zero-order valence-corrected chi connectivity index (χ0v) is 7.66. The van der Waals surface area contributed by atoms with Gasteiger partial charge in [0.2, 0.25) is 0 Å². The molecule has 0 saturated heterocycles. The van der Waals surface area contributed by atoms with Crippen molar-refractivity contribution >= 4 is 5.97 Å². The number of hydrogen-bond donors (Lipinski definition) is 3. The van der Waals surface area contributed by atoms with Gasteiger partial charge in [0.15, 0.2) is 0 Å². The smallest absolute Gasteiger partial charge is 0.303 e. The summed E-state index contributed by atoms with van der Waals surface area (Å²) in [6, 6.07) is 0. The van der Waals surface area contributed by atoms with Crippen LogP contribution in [0.15, 0.2) is 0 Å². The normalized spacial score (nSPS) is 11.3. The molecule has 4 heteroatoms. The van der Waals surface area contributed by atoms with E-state index >= 15 is 0 Å². The lowest BCUT2D eigenvalue weighted by molar-refractivity contribution is -0.137. The van der Waals surface area contributed by atoms with Crippen LogP contribution in [-0.4, -0.2) is 34.0 Å². The Bertz CT molecular complexity index is 103. The van der Waals surface area contributed by atoms with Gasteiger partial charge in [0.25, 0.3) is 0 Å². The van der Waals surface area contributed by atoms with Crippen molar-refractivity contribution in [3.8, 4) is 0 Å². The number of carboxylic acid groups (broad SMARTS) is 1. The highest BCUT2D eigenvalue weighted by atomic mass is 16.4. The molecule has 0 aromatic carbocycles. The highest BCUT2D eigenvalue weighted by molar-refractivity contribution is 5.66. The van der Waals surface area contributed by atoms with E-state index < -0.39 is 12.1 Å². The molecule has 0 aliphatic heterocycles. The summed E-state index contributed by atoms with van der Waals surface area (Å²) in [5, 5.41) is 25.2. The average Bonchev–Trinajstić information content (AvgIpc) is 2.07. The fourth-order valence-corrected chi connectivity index (χ4v) is 0.580. The van der Waals surface area contributed by atoms with Gasteiger partial charge in [-0.2, -0.15) is 0 Å². The maximum absolute atomic E-state index is 9.92. The van der Waals surface area contributed by atoms with Crippen LogP contribution in [0.2, 0.25) is 0 Å². The Hall–Kier alpha value is -0.610. The van der Waals surface area contributed by atoms with Crippen molar-refractivity contribution in [1.82, 2.24) is 0 Å². The molecule has 0 aromatic rings. The third kappa shape index (κ3) is 12.1. The molecule has 1 atom stereocenters. The van der Waals surface area contributed by atoms with Crippen molar-refractivity contribution in [1.29, 1.82) is 0 Å². The van der Waals surface area contributed by atoms with E-state index in [1.165, 1.54) is 0 Å². The van der Waals surface area contributed by atoms with Gasteiger partial charge in [-0.3, -0.25) is 4.79 Å². The Balaban J connectivity index is 0. The highest BCUT2D eigenvalue weighted by Gasteiger charge is 2.02. The molecule has 0 spiro atoms. The van der Waals surface area contributed by atoms with Crippen LogP contribution in [0.25, 0.3) is 0 Å². The minimum Gasteiger partial charge on any atom is -0.481 e. The maximum Gasteiger partial charge on any atom is 0.303 e. The first-order valence-electron chi connectivity index (χ1n) is 4.17. The first kappa shape index (κ1) is 13.9. The SMILES string of the molecule is CC.O=C(O)CCCC(O)CO. The number of carbonyl (C=O) groups is 1. The molecular formula is C8H18O4. The second kappa shape index (κ2) is 10.4. The Labute approximate surface area is 72.8 Å². The van der Waals surface area contributed by atoms with Gasteiger partial charge < -0.3 is 15.3 Å². The quantitative estimate of drug-likeness (QED) is 0.576. The first-order valence-corrected chi connectivity index (χ1v) is 4.17. The van der Waals surface area contributed by atoms with Crippen LogP contribution in [0.4, 0.5) is 0 Å². The molecule has 0 aliphatic carbocycles. The van der Waals surface area contributed by atoms with E-state index in [4.69, 9.17) is 15.3 Å². The molecule has 0 aromatic heterocycles. The molecule has 0 bridgehead atoms. The summed E-state index contributed by atoms with van der Waals surface area (Å²) < 4.78 is 0. The molecule has 4 nitrogen and oxygen atoms in total. The predicted octanol–water partition coefficient (Wildman–Crippen LogP) is 0.621. The van der Waals surface area contributed by atoms with Gasteiger partial charge in [-0.25, -0.2) is 0 Å². The number of carboxylic acids is 1. The van der Waals surface area contributed by atoms with Crippen molar-refractivity contribution in [2.45, 2.75) is 39.2 Å². The average molecular weight is 178 g/mol. The van der Waals surface area contributed by atoms with Gasteiger partial charge >= 0.3 is 5.97 Å². The van der Waals surface area contributed by atoms with Crippen molar-refractivity contribution in [3.05, 3.63) is 0 Å². The lowest BCUT2D eigenvalue weighted by Crippen LogP contribution is -2.11. The summed E-state index contributed by atoms with van der Waals surface area (Å²) >= 11 is 0. The van der Waals surface area contributed by atoms with Crippen molar-refractivity contribution in [2.75, 3.05) is 6.61 Å². The number of aliphatic carboxylic acids is 1. The Morgan fingerprint density at radius 3 is 2.25 bits per heavy atom. The summed E-state index contributed by atoms with van der Waals surface area (Å²) in [4.78, 5) is 9.92. The van der Waals surface area contributed by atoms with E-state index in [1.807, 2.05) is 13.8 Å². The van der Waals surface area contributed by atoms with Crippen LogP contribution in [0, 0.1) is 0 Å². The highest BCUT2D eigenvalue weighted by Crippen LogP contribution is 1.99. The van der Waals surface area contributed by atoms with Crippen LogP contribution in [0.5, 0.6) is 0 Å². The molecule has 74 valence electrons. The Morgan fingerprint density at radius 2 is 1.92 bits per heavy atom. The minimum atomic E-state index is -0.870. The summed E-state index contributed by atoms with van der Waals surface area (Å²) in [6.45, 7) is 3.71.